The van der Waals surface area contributed by atoms with E-state index in [1.54, 1.807) is 11.3 Å². The summed E-state index contributed by atoms with van der Waals surface area (Å²) in [5, 5.41) is 5.42. The number of rotatable bonds is 6. The summed E-state index contributed by atoms with van der Waals surface area (Å²) in [4.78, 5) is 4.20. The summed E-state index contributed by atoms with van der Waals surface area (Å²) in [5.41, 5.74) is 0. The van der Waals surface area contributed by atoms with E-state index in [2.05, 4.69) is 24.1 Å². The van der Waals surface area contributed by atoms with Crippen LogP contribution in [0.2, 0.25) is 0 Å². The molecule has 0 amide bonds. The van der Waals surface area contributed by atoms with Gasteiger partial charge in [-0.3, -0.25) is 0 Å². The van der Waals surface area contributed by atoms with Crippen molar-refractivity contribution >= 4 is 23.1 Å². The third kappa shape index (κ3) is 5.29. The van der Waals surface area contributed by atoms with Crippen LogP contribution in [0.15, 0.2) is 15.9 Å². The molecule has 1 aromatic heterocycles. The van der Waals surface area contributed by atoms with Crippen LogP contribution in [0.3, 0.4) is 0 Å². The van der Waals surface area contributed by atoms with Gasteiger partial charge in [0.15, 0.2) is 0 Å². The first-order valence-electron chi connectivity index (χ1n) is 4.52. The highest BCUT2D eigenvalue weighted by molar-refractivity contribution is 8.01. The lowest BCUT2D eigenvalue weighted by molar-refractivity contribution is 0.568. The van der Waals surface area contributed by atoms with Crippen molar-refractivity contribution in [2.45, 2.75) is 18.2 Å². The fourth-order valence-corrected chi connectivity index (χ4v) is 2.49. The number of thioether (sulfide) groups is 1. The van der Waals surface area contributed by atoms with Crippen molar-refractivity contribution in [2.24, 2.45) is 5.92 Å². The van der Waals surface area contributed by atoms with Crippen molar-refractivity contribution < 1.29 is 0 Å². The van der Waals surface area contributed by atoms with Crippen LogP contribution in [-0.2, 0) is 0 Å². The van der Waals surface area contributed by atoms with Crippen LogP contribution in [-0.4, -0.2) is 23.8 Å². The molecule has 74 valence electrons. The van der Waals surface area contributed by atoms with Gasteiger partial charge in [0.05, 0.1) is 0 Å². The zero-order chi connectivity index (χ0) is 9.52. The lowest BCUT2D eigenvalue weighted by Gasteiger charge is -2.05. The molecule has 0 fully saturated rings. The Hall–Kier alpha value is -0.0600. The van der Waals surface area contributed by atoms with Gasteiger partial charge in [-0.1, -0.05) is 25.6 Å². The van der Waals surface area contributed by atoms with Crippen molar-refractivity contribution in [3.63, 3.8) is 0 Å². The normalized spacial score (nSPS) is 11.0. The van der Waals surface area contributed by atoms with E-state index in [0.717, 1.165) is 24.8 Å². The summed E-state index contributed by atoms with van der Waals surface area (Å²) in [5.74, 6) is 1.85. The van der Waals surface area contributed by atoms with Gasteiger partial charge < -0.3 is 5.32 Å². The molecule has 1 rings (SSSR count). The van der Waals surface area contributed by atoms with Gasteiger partial charge in [-0.15, -0.1) is 11.3 Å². The lowest BCUT2D eigenvalue weighted by atomic mass is 10.2. The SMILES string of the molecule is CC(C)CNCCSc1nccs1. The first-order chi connectivity index (χ1) is 6.29. The van der Waals surface area contributed by atoms with E-state index in [9.17, 15) is 0 Å². The first kappa shape index (κ1) is 11.0. The maximum Gasteiger partial charge on any atom is 0.149 e. The molecule has 0 unspecified atom stereocenters. The predicted octanol–water partition coefficient (Wildman–Crippen LogP) is 2.48. The number of hydrogen-bond acceptors (Lipinski definition) is 4. The summed E-state index contributed by atoms with van der Waals surface area (Å²) in [6.45, 7) is 6.63. The molecule has 0 saturated carbocycles. The molecule has 13 heavy (non-hydrogen) atoms. The molecule has 2 nitrogen and oxygen atoms in total. The van der Waals surface area contributed by atoms with Crippen LogP contribution in [0, 0.1) is 5.92 Å². The van der Waals surface area contributed by atoms with Gasteiger partial charge in [0.1, 0.15) is 4.34 Å². The van der Waals surface area contributed by atoms with Crippen molar-refractivity contribution in [2.75, 3.05) is 18.8 Å². The average Bonchev–Trinajstić information content (AvgIpc) is 2.55. The van der Waals surface area contributed by atoms with Crippen LogP contribution in [0.4, 0.5) is 0 Å². The zero-order valence-corrected chi connectivity index (χ0v) is 9.75. The highest BCUT2D eigenvalue weighted by atomic mass is 32.2. The Kier molecular flexibility index (Phi) is 5.43. The molecular weight excluding hydrogens is 200 g/mol. The lowest BCUT2D eigenvalue weighted by Crippen LogP contribution is -2.21. The first-order valence-corrected chi connectivity index (χ1v) is 6.38. The zero-order valence-electron chi connectivity index (χ0n) is 8.12. The van der Waals surface area contributed by atoms with Gasteiger partial charge in [0.25, 0.3) is 0 Å². The molecule has 0 aliphatic carbocycles. The minimum Gasteiger partial charge on any atom is -0.316 e. The Morgan fingerprint density at radius 1 is 1.62 bits per heavy atom. The number of thiazole rings is 1. The van der Waals surface area contributed by atoms with Gasteiger partial charge in [0.2, 0.25) is 0 Å². The van der Waals surface area contributed by atoms with E-state index in [0.29, 0.717) is 0 Å². The third-order valence-corrected chi connectivity index (χ3v) is 3.43. The topological polar surface area (TPSA) is 24.9 Å². The monoisotopic (exact) mass is 216 g/mol. The number of nitrogens with zero attached hydrogens (tertiary/aromatic N) is 1. The van der Waals surface area contributed by atoms with Crippen molar-refractivity contribution in [1.82, 2.24) is 10.3 Å². The van der Waals surface area contributed by atoms with E-state index in [1.807, 2.05) is 23.3 Å². The Bertz CT molecular complexity index is 209. The fraction of sp³-hybridized carbons (Fsp3) is 0.667. The fourth-order valence-electron chi connectivity index (χ4n) is 0.883. The third-order valence-electron chi connectivity index (χ3n) is 1.47. The van der Waals surface area contributed by atoms with Gasteiger partial charge in [-0.25, -0.2) is 4.98 Å². The Morgan fingerprint density at radius 3 is 3.08 bits per heavy atom. The predicted molar refractivity (Wildman–Crippen MR) is 60.5 cm³/mol. The maximum atomic E-state index is 4.20. The second kappa shape index (κ2) is 6.40. The highest BCUT2D eigenvalue weighted by Gasteiger charge is 1.96. The molecule has 0 bridgehead atoms. The van der Waals surface area contributed by atoms with E-state index >= 15 is 0 Å². The highest BCUT2D eigenvalue weighted by Crippen LogP contribution is 2.18. The molecule has 0 aromatic carbocycles. The molecule has 0 aliphatic heterocycles. The van der Waals surface area contributed by atoms with Gasteiger partial charge >= 0.3 is 0 Å². The van der Waals surface area contributed by atoms with Gasteiger partial charge in [-0.2, -0.15) is 0 Å². The van der Waals surface area contributed by atoms with Crippen LogP contribution in [0.5, 0.6) is 0 Å². The second-order valence-corrected chi connectivity index (χ2v) is 5.48. The van der Waals surface area contributed by atoms with Crippen molar-refractivity contribution in [1.29, 1.82) is 0 Å². The Balaban J connectivity index is 1.96. The Morgan fingerprint density at radius 2 is 2.46 bits per heavy atom. The average molecular weight is 216 g/mol. The van der Waals surface area contributed by atoms with Crippen LogP contribution >= 0.6 is 23.1 Å². The van der Waals surface area contributed by atoms with E-state index < -0.39 is 0 Å². The molecule has 0 spiro atoms. The molecule has 0 radical (unpaired) electrons. The van der Waals surface area contributed by atoms with E-state index in [-0.39, 0.29) is 0 Å². The Labute approximate surface area is 88.2 Å². The van der Waals surface area contributed by atoms with Crippen LogP contribution in [0.25, 0.3) is 0 Å². The molecule has 0 saturated heterocycles. The summed E-state index contributed by atoms with van der Waals surface area (Å²) < 4.78 is 1.17. The summed E-state index contributed by atoms with van der Waals surface area (Å²) in [6.07, 6.45) is 1.86. The van der Waals surface area contributed by atoms with Gasteiger partial charge in [0, 0.05) is 23.9 Å². The number of hydrogen-bond donors (Lipinski definition) is 1. The molecular formula is C9H16N2S2. The summed E-state index contributed by atoms with van der Waals surface area (Å²) >= 11 is 3.53. The quantitative estimate of drug-likeness (QED) is 0.584. The maximum absolute atomic E-state index is 4.20. The van der Waals surface area contributed by atoms with E-state index in [1.165, 1.54) is 4.34 Å². The van der Waals surface area contributed by atoms with Crippen molar-refractivity contribution in [3.05, 3.63) is 11.6 Å². The largest absolute Gasteiger partial charge is 0.316 e. The number of nitrogens with one attached hydrogen (secondary N) is 1. The molecule has 1 N–H and O–H groups in total. The molecule has 1 aromatic rings. The second-order valence-electron chi connectivity index (χ2n) is 3.24. The molecule has 0 atom stereocenters. The van der Waals surface area contributed by atoms with Gasteiger partial charge in [-0.05, 0) is 12.5 Å². The molecule has 4 heteroatoms. The van der Waals surface area contributed by atoms with Crippen molar-refractivity contribution in [3.8, 4) is 0 Å². The molecule has 0 aliphatic rings. The minimum atomic E-state index is 0.741. The summed E-state index contributed by atoms with van der Waals surface area (Å²) in [6, 6.07) is 0. The standard InChI is InChI=1S/C9H16N2S2/c1-8(2)7-10-3-5-12-9-11-4-6-13-9/h4,6,8,10H,3,5,7H2,1-2H3. The summed E-state index contributed by atoms with van der Waals surface area (Å²) in [7, 11) is 0. The van der Waals surface area contributed by atoms with Crippen LogP contribution < -0.4 is 5.32 Å². The smallest absolute Gasteiger partial charge is 0.149 e. The minimum absolute atomic E-state index is 0.741. The number of aromatic nitrogens is 1. The van der Waals surface area contributed by atoms with E-state index in [4.69, 9.17) is 0 Å². The molecule has 1 heterocycles. The van der Waals surface area contributed by atoms with Crippen LogP contribution in [0.1, 0.15) is 13.8 Å².